The zero-order valence-corrected chi connectivity index (χ0v) is 14.2. The highest BCUT2D eigenvalue weighted by Crippen LogP contribution is 2.24. The van der Waals surface area contributed by atoms with Gasteiger partial charge in [0.2, 0.25) is 0 Å². The molecule has 0 aliphatic rings. The highest BCUT2D eigenvalue weighted by atomic mass is 15.1. The second kappa shape index (κ2) is 7.80. The zero-order valence-electron chi connectivity index (χ0n) is 14.2. The molecule has 0 aromatic heterocycles. The van der Waals surface area contributed by atoms with Crippen molar-refractivity contribution in [3.05, 3.63) is 35.4 Å². The topological polar surface area (TPSA) is 15.3 Å². The van der Waals surface area contributed by atoms with E-state index >= 15 is 0 Å². The van der Waals surface area contributed by atoms with Gasteiger partial charge in [-0.05, 0) is 43.1 Å². The van der Waals surface area contributed by atoms with Gasteiger partial charge in [0, 0.05) is 12.6 Å². The maximum atomic E-state index is 3.60. The van der Waals surface area contributed by atoms with Crippen LogP contribution in [0.25, 0.3) is 0 Å². The molecular formula is C18H32N2. The van der Waals surface area contributed by atoms with Gasteiger partial charge >= 0.3 is 0 Å². The summed E-state index contributed by atoms with van der Waals surface area (Å²) in [6.45, 7) is 14.4. The predicted molar refractivity (Wildman–Crippen MR) is 89.3 cm³/mol. The van der Waals surface area contributed by atoms with Gasteiger partial charge in [-0.1, -0.05) is 58.9 Å². The van der Waals surface area contributed by atoms with Crippen LogP contribution in [-0.4, -0.2) is 31.6 Å². The Morgan fingerprint density at radius 2 is 1.70 bits per heavy atom. The van der Waals surface area contributed by atoms with Crippen molar-refractivity contribution in [3.8, 4) is 0 Å². The van der Waals surface area contributed by atoms with Gasteiger partial charge in [-0.3, -0.25) is 0 Å². The number of hydrogen-bond acceptors (Lipinski definition) is 2. The third-order valence-electron chi connectivity index (χ3n) is 3.73. The second-order valence-electron chi connectivity index (χ2n) is 6.74. The third kappa shape index (κ3) is 5.26. The molecule has 0 aliphatic heterocycles. The van der Waals surface area contributed by atoms with Crippen molar-refractivity contribution in [2.45, 2.75) is 52.5 Å². The molecule has 0 amide bonds. The Morgan fingerprint density at radius 1 is 1.10 bits per heavy atom. The summed E-state index contributed by atoms with van der Waals surface area (Å²) < 4.78 is 0. The molecule has 114 valence electrons. The number of nitrogens with zero attached hydrogens (tertiary/aromatic N) is 1. The summed E-state index contributed by atoms with van der Waals surface area (Å²) in [6.07, 6.45) is 1.21. The molecule has 1 unspecified atom stereocenters. The first-order valence-corrected chi connectivity index (χ1v) is 7.90. The maximum Gasteiger partial charge on any atom is 0.0449 e. The van der Waals surface area contributed by atoms with Crippen LogP contribution >= 0.6 is 0 Å². The number of hydrogen-bond donors (Lipinski definition) is 1. The minimum atomic E-state index is 0.227. The van der Waals surface area contributed by atoms with E-state index < -0.39 is 0 Å². The third-order valence-corrected chi connectivity index (χ3v) is 3.73. The van der Waals surface area contributed by atoms with Crippen LogP contribution < -0.4 is 5.32 Å². The Balaban J connectivity index is 2.81. The Labute approximate surface area is 125 Å². The first kappa shape index (κ1) is 17.2. The molecule has 1 atom stereocenters. The molecule has 0 heterocycles. The van der Waals surface area contributed by atoms with E-state index in [0.29, 0.717) is 6.04 Å². The van der Waals surface area contributed by atoms with E-state index in [4.69, 9.17) is 0 Å². The van der Waals surface area contributed by atoms with E-state index in [1.165, 1.54) is 17.5 Å². The molecule has 0 aliphatic carbocycles. The summed E-state index contributed by atoms with van der Waals surface area (Å²) in [5.41, 5.74) is 3.02. The molecule has 0 radical (unpaired) electrons. The van der Waals surface area contributed by atoms with E-state index in [2.05, 4.69) is 76.1 Å². The van der Waals surface area contributed by atoms with Crippen molar-refractivity contribution in [1.29, 1.82) is 0 Å². The Hall–Kier alpha value is -0.860. The zero-order chi connectivity index (χ0) is 15.2. The molecule has 0 fully saturated rings. The maximum absolute atomic E-state index is 3.60. The number of rotatable bonds is 7. The molecule has 1 rings (SSSR count). The largest absolute Gasteiger partial charge is 0.309 e. The van der Waals surface area contributed by atoms with Crippen LogP contribution in [0, 0.1) is 0 Å². The first-order chi connectivity index (χ1) is 9.38. The Bertz CT molecular complexity index is 375. The molecule has 0 saturated carbocycles. The van der Waals surface area contributed by atoms with Crippen LogP contribution in [0.15, 0.2) is 24.3 Å². The van der Waals surface area contributed by atoms with Crippen molar-refractivity contribution in [2.75, 3.05) is 26.7 Å². The van der Waals surface area contributed by atoms with Gasteiger partial charge in [-0.15, -0.1) is 0 Å². The smallest absolute Gasteiger partial charge is 0.0449 e. The lowest BCUT2D eigenvalue weighted by atomic mass is 9.86. The van der Waals surface area contributed by atoms with Gasteiger partial charge in [-0.2, -0.15) is 0 Å². The lowest BCUT2D eigenvalue weighted by Gasteiger charge is -2.26. The quantitative estimate of drug-likeness (QED) is 0.810. The molecule has 2 heteroatoms. The van der Waals surface area contributed by atoms with E-state index in [0.717, 1.165) is 19.6 Å². The fourth-order valence-corrected chi connectivity index (χ4v) is 2.53. The highest BCUT2D eigenvalue weighted by Gasteiger charge is 2.16. The molecule has 1 N–H and O–H groups in total. The van der Waals surface area contributed by atoms with Crippen LogP contribution in [-0.2, 0) is 5.41 Å². The van der Waals surface area contributed by atoms with Crippen molar-refractivity contribution >= 4 is 0 Å². The predicted octanol–water partition coefficient (Wildman–Crippen LogP) is 3.98. The van der Waals surface area contributed by atoms with E-state index in [-0.39, 0.29) is 5.41 Å². The van der Waals surface area contributed by atoms with Gasteiger partial charge in [0.05, 0.1) is 0 Å². The van der Waals surface area contributed by atoms with E-state index in [1.807, 2.05) is 0 Å². The van der Waals surface area contributed by atoms with Crippen LogP contribution in [0.5, 0.6) is 0 Å². The SMILES string of the molecule is CCCN(C)CC(NCC)c1ccc(C(C)(C)C)cc1. The summed E-state index contributed by atoms with van der Waals surface area (Å²) in [4.78, 5) is 2.41. The van der Waals surface area contributed by atoms with Gasteiger partial charge in [0.15, 0.2) is 0 Å². The fraction of sp³-hybridized carbons (Fsp3) is 0.667. The summed E-state index contributed by atoms with van der Waals surface area (Å²) >= 11 is 0. The summed E-state index contributed by atoms with van der Waals surface area (Å²) in [5.74, 6) is 0. The van der Waals surface area contributed by atoms with Gasteiger partial charge < -0.3 is 10.2 Å². The molecule has 0 saturated heterocycles. The monoisotopic (exact) mass is 276 g/mol. The molecule has 0 bridgehead atoms. The van der Waals surface area contributed by atoms with Crippen molar-refractivity contribution in [3.63, 3.8) is 0 Å². The normalized spacial score (nSPS) is 13.8. The molecule has 1 aromatic carbocycles. The average molecular weight is 276 g/mol. The highest BCUT2D eigenvalue weighted by molar-refractivity contribution is 5.29. The van der Waals surface area contributed by atoms with Crippen LogP contribution in [0.4, 0.5) is 0 Å². The lowest BCUT2D eigenvalue weighted by molar-refractivity contribution is 0.292. The number of likely N-dealkylation sites (N-methyl/N-ethyl adjacent to an activating group) is 2. The van der Waals surface area contributed by atoms with E-state index in [1.54, 1.807) is 0 Å². The molecule has 20 heavy (non-hydrogen) atoms. The summed E-state index contributed by atoms with van der Waals surface area (Å²) in [5, 5.41) is 3.60. The number of nitrogens with one attached hydrogen (secondary N) is 1. The van der Waals surface area contributed by atoms with E-state index in [9.17, 15) is 0 Å². The van der Waals surface area contributed by atoms with Crippen molar-refractivity contribution in [1.82, 2.24) is 10.2 Å². The molecule has 2 nitrogen and oxygen atoms in total. The number of benzene rings is 1. The first-order valence-electron chi connectivity index (χ1n) is 7.90. The lowest BCUT2D eigenvalue weighted by Crippen LogP contribution is -2.33. The Kier molecular flexibility index (Phi) is 6.70. The van der Waals surface area contributed by atoms with Crippen molar-refractivity contribution < 1.29 is 0 Å². The average Bonchev–Trinajstić information content (AvgIpc) is 2.38. The minimum Gasteiger partial charge on any atom is -0.309 e. The molecule has 0 spiro atoms. The van der Waals surface area contributed by atoms with Crippen molar-refractivity contribution in [2.24, 2.45) is 0 Å². The molecule has 1 aromatic rings. The summed E-state index contributed by atoms with van der Waals surface area (Å²) in [6, 6.07) is 9.55. The second-order valence-corrected chi connectivity index (χ2v) is 6.74. The Morgan fingerprint density at radius 3 is 2.15 bits per heavy atom. The fourth-order valence-electron chi connectivity index (χ4n) is 2.53. The van der Waals surface area contributed by atoms with Gasteiger partial charge in [-0.25, -0.2) is 0 Å². The minimum absolute atomic E-state index is 0.227. The van der Waals surface area contributed by atoms with Gasteiger partial charge in [0.25, 0.3) is 0 Å². The van der Waals surface area contributed by atoms with Crippen LogP contribution in [0.2, 0.25) is 0 Å². The van der Waals surface area contributed by atoms with Crippen LogP contribution in [0.1, 0.15) is 58.2 Å². The van der Waals surface area contributed by atoms with Gasteiger partial charge in [0.1, 0.15) is 0 Å². The molecular weight excluding hydrogens is 244 g/mol. The van der Waals surface area contributed by atoms with Crippen LogP contribution in [0.3, 0.4) is 0 Å². The standard InChI is InChI=1S/C18H32N2/c1-7-13-20(6)14-17(19-8-2)15-9-11-16(12-10-15)18(3,4)5/h9-12,17,19H,7-8,13-14H2,1-6H3. The summed E-state index contributed by atoms with van der Waals surface area (Å²) in [7, 11) is 2.21.